The number of rotatable bonds is 2. The zero-order chi connectivity index (χ0) is 9.47. The van der Waals surface area contributed by atoms with Crippen LogP contribution in [0, 0.1) is 0 Å². The van der Waals surface area contributed by atoms with Crippen LogP contribution >= 0.6 is 0 Å². The summed E-state index contributed by atoms with van der Waals surface area (Å²) in [5.74, 6) is -0.503. The van der Waals surface area contributed by atoms with Gasteiger partial charge in [-0.05, 0) is 18.3 Å². The first-order chi connectivity index (χ1) is 6.13. The van der Waals surface area contributed by atoms with Crippen LogP contribution in [0.3, 0.4) is 0 Å². The Bertz CT molecular complexity index is 339. The molecule has 1 saturated carbocycles. The third-order valence-corrected chi connectivity index (χ3v) is 2.91. The quantitative estimate of drug-likeness (QED) is 0.743. The van der Waals surface area contributed by atoms with E-state index in [0.29, 0.717) is 5.69 Å². The third-order valence-electron chi connectivity index (χ3n) is 2.91. The fourth-order valence-corrected chi connectivity index (χ4v) is 1.82. The monoisotopic (exact) mass is 180 g/mol. The summed E-state index contributed by atoms with van der Waals surface area (Å²) < 4.78 is 4.78. The van der Waals surface area contributed by atoms with Crippen molar-refractivity contribution in [1.29, 1.82) is 0 Å². The molecule has 4 nitrogen and oxygen atoms in total. The maximum absolute atomic E-state index is 11.0. The summed E-state index contributed by atoms with van der Waals surface area (Å²) in [6.45, 7) is 2.11. The highest BCUT2D eigenvalue weighted by atomic mass is 16.5. The lowest BCUT2D eigenvalue weighted by molar-refractivity contribution is 0.0988. The van der Waals surface area contributed by atoms with E-state index in [1.165, 1.54) is 6.42 Å². The zero-order valence-electron chi connectivity index (χ0n) is 7.54. The SMILES string of the molecule is CC1(c2conc2C(N)=O)CCC1. The van der Waals surface area contributed by atoms with Gasteiger partial charge in [-0.2, -0.15) is 0 Å². The van der Waals surface area contributed by atoms with E-state index < -0.39 is 5.91 Å². The molecule has 2 N–H and O–H groups in total. The van der Waals surface area contributed by atoms with Crippen LogP contribution in [-0.4, -0.2) is 11.1 Å². The van der Waals surface area contributed by atoms with Gasteiger partial charge in [0.2, 0.25) is 0 Å². The van der Waals surface area contributed by atoms with Gasteiger partial charge in [0.1, 0.15) is 6.26 Å². The van der Waals surface area contributed by atoms with Crippen molar-refractivity contribution in [3.8, 4) is 0 Å². The van der Waals surface area contributed by atoms with Gasteiger partial charge < -0.3 is 10.3 Å². The molecule has 0 bridgehead atoms. The minimum Gasteiger partial charge on any atom is -0.364 e. The first-order valence-corrected chi connectivity index (χ1v) is 4.38. The van der Waals surface area contributed by atoms with Gasteiger partial charge >= 0.3 is 0 Å². The Morgan fingerprint density at radius 1 is 1.69 bits per heavy atom. The number of hydrogen-bond donors (Lipinski definition) is 1. The molecule has 0 atom stereocenters. The number of hydrogen-bond acceptors (Lipinski definition) is 3. The van der Waals surface area contributed by atoms with Crippen LogP contribution in [0.4, 0.5) is 0 Å². The highest BCUT2D eigenvalue weighted by Crippen LogP contribution is 2.44. The fraction of sp³-hybridized carbons (Fsp3) is 0.556. The molecule has 4 heteroatoms. The van der Waals surface area contributed by atoms with Gasteiger partial charge in [-0.1, -0.05) is 18.5 Å². The molecule has 0 unspecified atom stereocenters. The second-order valence-electron chi connectivity index (χ2n) is 3.86. The van der Waals surface area contributed by atoms with Gasteiger partial charge in [0, 0.05) is 5.56 Å². The summed E-state index contributed by atoms with van der Waals surface area (Å²) in [4.78, 5) is 11.0. The first-order valence-electron chi connectivity index (χ1n) is 4.38. The number of aromatic nitrogens is 1. The predicted molar refractivity (Wildman–Crippen MR) is 46.2 cm³/mol. The van der Waals surface area contributed by atoms with E-state index in [-0.39, 0.29) is 5.41 Å². The molecule has 1 aliphatic carbocycles. The Balaban J connectivity index is 2.39. The molecule has 0 saturated heterocycles. The maximum Gasteiger partial charge on any atom is 0.271 e. The Hall–Kier alpha value is -1.32. The normalized spacial score (nSPS) is 19.5. The maximum atomic E-state index is 11.0. The summed E-state index contributed by atoms with van der Waals surface area (Å²) >= 11 is 0. The van der Waals surface area contributed by atoms with E-state index in [4.69, 9.17) is 10.3 Å². The highest BCUT2D eigenvalue weighted by Gasteiger charge is 2.38. The summed E-state index contributed by atoms with van der Waals surface area (Å²) in [7, 11) is 0. The van der Waals surface area contributed by atoms with Gasteiger partial charge in [0.15, 0.2) is 5.69 Å². The van der Waals surface area contributed by atoms with Crippen LogP contribution in [0.1, 0.15) is 42.2 Å². The van der Waals surface area contributed by atoms with E-state index in [1.807, 2.05) is 0 Å². The van der Waals surface area contributed by atoms with E-state index >= 15 is 0 Å². The molecule has 0 spiro atoms. The van der Waals surface area contributed by atoms with E-state index in [1.54, 1.807) is 6.26 Å². The van der Waals surface area contributed by atoms with Crippen LogP contribution in [0.2, 0.25) is 0 Å². The van der Waals surface area contributed by atoms with Crippen molar-refractivity contribution in [2.24, 2.45) is 5.73 Å². The average Bonchev–Trinajstić information content (AvgIpc) is 2.47. The molecule has 70 valence electrons. The molecule has 0 radical (unpaired) electrons. The lowest BCUT2D eigenvalue weighted by atomic mass is 9.66. The standard InChI is InChI=1S/C9H12N2O2/c1-9(3-2-4-9)6-5-13-11-7(6)8(10)12/h5H,2-4H2,1H3,(H2,10,12). The van der Waals surface area contributed by atoms with Crippen LogP contribution in [0.5, 0.6) is 0 Å². The summed E-state index contributed by atoms with van der Waals surface area (Å²) in [5, 5.41) is 3.61. The fourth-order valence-electron chi connectivity index (χ4n) is 1.82. The van der Waals surface area contributed by atoms with Gasteiger partial charge in [0.25, 0.3) is 5.91 Å². The molecule has 1 aromatic rings. The Morgan fingerprint density at radius 3 is 2.85 bits per heavy atom. The van der Waals surface area contributed by atoms with E-state index in [0.717, 1.165) is 18.4 Å². The molecule has 1 fully saturated rings. The van der Waals surface area contributed by atoms with Crippen LogP contribution < -0.4 is 5.73 Å². The average molecular weight is 180 g/mol. The van der Waals surface area contributed by atoms with Crippen molar-refractivity contribution in [3.63, 3.8) is 0 Å². The van der Waals surface area contributed by atoms with Gasteiger partial charge in [-0.25, -0.2) is 0 Å². The van der Waals surface area contributed by atoms with Crippen molar-refractivity contribution in [1.82, 2.24) is 5.16 Å². The van der Waals surface area contributed by atoms with Crippen molar-refractivity contribution in [2.45, 2.75) is 31.6 Å². The zero-order valence-corrected chi connectivity index (χ0v) is 7.54. The third kappa shape index (κ3) is 1.13. The lowest BCUT2D eigenvalue weighted by Crippen LogP contribution is -2.32. The Morgan fingerprint density at radius 2 is 2.38 bits per heavy atom. The second-order valence-corrected chi connectivity index (χ2v) is 3.86. The smallest absolute Gasteiger partial charge is 0.271 e. The highest BCUT2D eigenvalue weighted by molar-refractivity contribution is 5.92. The summed E-state index contributed by atoms with van der Waals surface area (Å²) in [5.41, 5.74) is 6.39. The molecule has 1 aliphatic rings. The first kappa shape index (κ1) is 8.29. The van der Waals surface area contributed by atoms with Crippen LogP contribution in [0.15, 0.2) is 10.8 Å². The Kier molecular flexibility index (Phi) is 1.65. The number of amides is 1. The molecule has 0 aliphatic heterocycles. The van der Waals surface area contributed by atoms with Gasteiger partial charge in [0.05, 0.1) is 0 Å². The largest absolute Gasteiger partial charge is 0.364 e. The topological polar surface area (TPSA) is 69.1 Å². The minimum atomic E-state index is -0.503. The van der Waals surface area contributed by atoms with Crippen molar-refractivity contribution < 1.29 is 9.32 Å². The van der Waals surface area contributed by atoms with Gasteiger partial charge in [-0.3, -0.25) is 4.79 Å². The summed E-state index contributed by atoms with van der Waals surface area (Å²) in [6, 6.07) is 0. The number of carbonyl (C=O) groups is 1. The molecule has 13 heavy (non-hydrogen) atoms. The van der Waals surface area contributed by atoms with Crippen molar-refractivity contribution in [3.05, 3.63) is 17.5 Å². The van der Waals surface area contributed by atoms with E-state index in [2.05, 4.69) is 12.1 Å². The van der Waals surface area contributed by atoms with Crippen LogP contribution in [0.25, 0.3) is 0 Å². The second kappa shape index (κ2) is 2.58. The van der Waals surface area contributed by atoms with Crippen LogP contribution in [-0.2, 0) is 5.41 Å². The van der Waals surface area contributed by atoms with E-state index in [9.17, 15) is 4.79 Å². The van der Waals surface area contributed by atoms with Gasteiger partial charge in [-0.15, -0.1) is 0 Å². The van der Waals surface area contributed by atoms with Crippen molar-refractivity contribution >= 4 is 5.91 Å². The molecule has 1 aromatic heterocycles. The number of carbonyl (C=O) groups excluding carboxylic acids is 1. The molecule has 0 aromatic carbocycles. The molecule has 2 rings (SSSR count). The minimum absolute atomic E-state index is 0.0599. The lowest BCUT2D eigenvalue weighted by Gasteiger charge is -2.37. The number of nitrogens with two attached hydrogens (primary N) is 1. The summed E-state index contributed by atoms with van der Waals surface area (Å²) in [6.07, 6.45) is 4.89. The Labute approximate surface area is 76.1 Å². The number of primary amides is 1. The molecular formula is C9H12N2O2. The molecule has 1 heterocycles. The predicted octanol–water partition coefficient (Wildman–Crippen LogP) is 1.22. The molecular weight excluding hydrogens is 168 g/mol. The molecule has 1 amide bonds. The number of nitrogens with zero attached hydrogens (tertiary/aromatic N) is 1. The van der Waals surface area contributed by atoms with Crippen molar-refractivity contribution in [2.75, 3.05) is 0 Å².